The minimum Gasteiger partial charge on any atom is -0.478 e. The van der Waals surface area contributed by atoms with Crippen LogP contribution in [0.1, 0.15) is 22.2 Å². The Morgan fingerprint density at radius 3 is 2.81 bits per heavy atom. The number of carbonyl (C=O) groups is 2. The molecule has 1 atom stereocenters. The molecule has 1 unspecified atom stereocenters. The third kappa shape index (κ3) is 3.32. The Morgan fingerprint density at radius 2 is 2.31 bits per heavy atom. The summed E-state index contributed by atoms with van der Waals surface area (Å²) in [6, 6.07) is 1.18. The highest BCUT2D eigenvalue weighted by atomic mass is 32.1. The monoisotopic (exact) mass is 243 g/mol. The van der Waals surface area contributed by atoms with Crippen LogP contribution in [0.15, 0.2) is 11.4 Å². The van der Waals surface area contributed by atoms with Crippen LogP contribution in [0, 0.1) is 0 Å². The summed E-state index contributed by atoms with van der Waals surface area (Å²) in [5.41, 5.74) is 0.271. The van der Waals surface area contributed by atoms with Crippen molar-refractivity contribution in [2.24, 2.45) is 0 Å². The second-order valence-electron chi connectivity index (χ2n) is 3.23. The smallest absolute Gasteiger partial charge is 0.336 e. The summed E-state index contributed by atoms with van der Waals surface area (Å²) in [6.45, 7) is 2.14. The maximum atomic E-state index is 11.1. The topological polar surface area (TPSA) is 75.6 Å². The number of carboxylic acids is 1. The fraction of sp³-hybridized carbons (Fsp3) is 0.400. The predicted molar refractivity (Wildman–Crippen MR) is 59.6 cm³/mol. The van der Waals surface area contributed by atoms with Crippen LogP contribution in [0.3, 0.4) is 0 Å². The van der Waals surface area contributed by atoms with Gasteiger partial charge in [0.1, 0.15) is 6.04 Å². The molecule has 0 aliphatic carbocycles. The van der Waals surface area contributed by atoms with Crippen molar-refractivity contribution < 1.29 is 19.4 Å². The van der Waals surface area contributed by atoms with Crippen LogP contribution in [0.2, 0.25) is 0 Å². The van der Waals surface area contributed by atoms with E-state index in [-0.39, 0.29) is 11.5 Å². The van der Waals surface area contributed by atoms with Crippen LogP contribution >= 0.6 is 11.3 Å². The van der Waals surface area contributed by atoms with E-state index in [1.54, 1.807) is 18.4 Å². The highest BCUT2D eigenvalue weighted by Gasteiger charge is 2.13. The van der Waals surface area contributed by atoms with E-state index in [4.69, 9.17) is 5.11 Å². The molecule has 16 heavy (non-hydrogen) atoms. The van der Waals surface area contributed by atoms with E-state index in [9.17, 15) is 9.59 Å². The van der Waals surface area contributed by atoms with Gasteiger partial charge in [0.15, 0.2) is 0 Å². The summed E-state index contributed by atoms with van der Waals surface area (Å²) < 4.78 is 4.55. The average molecular weight is 243 g/mol. The molecule has 0 amide bonds. The number of methoxy groups -OCH3 is 1. The normalized spacial score (nSPS) is 12.1. The van der Waals surface area contributed by atoms with Crippen molar-refractivity contribution in [1.29, 1.82) is 0 Å². The summed E-state index contributed by atoms with van der Waals surface area (Å²) >= 11 is 1.34. The van der Waals surface area contributed by atoms with E-state index in [2.05, 4.69) is 10.1 Å². The highest BCUT2D eigenvalue weighted by molar-refractivity contribution is 7.10. The van der Waals surface area contributed by atoms with Crippen LogP contribution in [0.5, 0.6) is 0 Å². The van der Waals surface area contributed by atoms with Crippen molar-refractivity contribution >= 4 is 23.3 Å². The van der Waals surface area contributed by atoms with Gasteiger partial charge in [0.05, 0.1) is 12.7 Å². The number of ether oxygens (including phenoxy) is 1. The summed E-state index contributed by atoms with van der Waals surface area (Å²) in [7, 11) is 1.33. The Morgan fingerprint density at radius 1 is 1.62 bits per heavy atom. The molecule has 0 aliphatic heterocycles. The molecule has 88 valence electrons. The predicted octanol–water partition coefficient (Wildman–Crippen LogP) is 1.10. The Balaban J connectivity index is 2.48. The van der Waals surface area contributed by atoms with Crippen LogP contribution in [-0.4, -0.2) is 30.2 Å². The summed E-state index contributed by atoms with van der Waals surface area (Å²) in [5, 5.41) is 13.2. The molecule has 0 saturated heterocycles. The second-order valence-corrected chi connectivity index (χ2v) is 4.23. The van der Waals surface area contributed by atoms with Gasteiger partial charge in [-0.3, -0.25) is 10.1 Å². The van der Waals surface area contributed by atoms with Crippen molar-refractivity contribution in [2.45, 2.75) is 19.5 Å². The molecule has 1 aromatic heterocycles. The maximum absolute atomic E-state index is 11.1. The van der Waals surface area contributed by atoms with E-state index in [1.165, 1.54) is 18.4 Å². The lowest BCUT2D eigenvalue weighted by molar-refractivity contribution is -0.142. The molecule has 0 fully saturated rings. The minimum absolute atomic E-state index is 0.271. The van der Waals surface area contributed by atoms with Gasteiger partial charge in [-0.15, -0.1) is 11.3 Å². The molecular formula is C10H13NO4S. The number of carbonyl (C=O) groups excluding carboxylic acids is 1. The van der Waals surface area contributed by atoms with Gasteiger partial charge >= 0.3 is 11.9 Å². The Labute approximate surface area is 97.0 Å². The Bertz CT molecular complexity index is 388. The first-order valence-corrected chi connectivity index (χ1v) is 5.54. The number of rotatable bonds is 5. The van der Waals surface area contributed by atoms with Crippen molar-refractivity contribution in [3.8, 4) is 0 Å². The quantitative estimate of drug-likeness (QED) is 0.757. The second kappa shape index (κ2) is 5.62. The zero-order valence-corrected chi connectivity index (χ0v) is 9.84. The molecule has 0 spiro atoms. The summed E-state index contributed by atoms with van der Waals surface area (Å²) in [5.74, 6) is -1.28. The van der Waals surface area contributed by atoms with Gasteiger partial charge in [0, 0.05) is 16.8 Å². The lowest BCUT2D eigenvalue weighted by atomic mass is 10.3. The average Bonchev–Trinajstić information content (AvgIpc) is 2.73. The molecular weight excluding hydrogens is 230 g/mol. The zero-order valence-electron chi connectivity index (χ0n) is 9.02. The molecule has 1 aromatic rings. The molecule has 0 radical (unpaired) electrons. The lowest BCUT2D eigenvalue weighted by Crippen LogP contribution is -2.34. The molecule has 0 saturated carbocycles. The van der Waals surface area contributed by atoms with E-state index in [0.29, 0.717) is 6.54 Å². The number of carboxylic acid groups (broad SMARTS) is 1. The molecule has 2 N–H and O–H groups in total. The van der Waals surface area contributed by atoms with Gasteiger partial charge in [0.25, 0.3) is 0 Å². The molecule has 0 aromatic carbocycles. The fourth-order valence-electron chi connectivity index (χ4n) is 1.10. The van der Waals surface area contributed by atoms with Crippen molar-refractivity contribution in [3.63, 3.8) is 0 Å². The van der Waals surface area contributed by atoms with Crippen LogP contribution in [-0.2, 0) is 16.1 Å². The van der Waals surface area contributed by atoms with Crippen LogP contribution in [0.4, 0.5) is 0 Å². The first kappa shape index (κ1) is 12.7. The standard InChI is InChI=1S/C10H13NO4S/c1-6(10(14)15-2)11-4-8-3-7(5-16-8)9(12)13/h3,5-6,11H,4H2,1-2H3,(H,12,13). The van der Waals surface area contributed by atoms with Gasteiger partial charge in [-0.1, -0.05) is 0 Å². The minimum atomic E-state index is -0.941. The molecule has 1 heterocycles. The van der Waals surface area contributed by atoms with Gasteiger partial charge in [-0.2, -0.15) is 0 Å². The molecule has 0 aliphatic rings. The third-order valence-corrected chi connectivity index (χ3v) is 2.97. The van der Waals surface area contributed by atoms with E-state index in [1.807, 2.05) is 0 Å². The summed E-state index contributed by atoms with van der Waals surface area (Å²) in [4.78, 5) is 22.6. The van der Waals surface area contributed by atoms with Gasteiger partial charge in [-0.05, 0) is 13.0 Å². The molecule has 1 rings (SSSR count). The molecule has 6 heteroatoms. The molecule has 0 bridgehead atoms. The third-order valence-electron chi connectivity index (χ3n) is 2.04. The number of esters is 1. The van der Waals surface area contributed by atoms with Crippen molar-refractivity contribution in [2.75, 3.05) is 7.11 Å². The largest absolute Gasteiger partial charge is 0.478 e. The Hall–Kier alpha value is -1.40. The maximum Gasteiger partial charge on any atom is 0.336 e. The van der Waals surface area contributed by atoms with Crippen molar-refractivity contribution in [3.05, 3.63) is 21.9 Å². The Kier molecular flexibility index (Phi) is 4.45. The van der Waals surface area contributed by atoms with Gasteiger partial charge in [0.2, 0.25) is 0 Å². The molecule has 5 nitrogen and oxygen atoms in total. The van der Waals surface area contributed by atoms with E-state index in [0.717, 1.165) is 4.88 Å². The van der Waals surface area contributed by atoms with Gasteiger partial charge < -0.3 is 9.84 Å². The number of thiophene rings is 1. The van der Waals surface area contributed by atoms with Gasteiger partial charge in [-0.25, -0.2) is 4.79 Å². The summed E-state index contributed by atoms with van der Waals surface area (Å²) in [6.07, 6.45) is 0. The van der Waals surface area contributed by atoms with Crippen LogP contribution < -0.4 is 5.32 Å². The SMILES string of the molecule is COC(=O)C(C)NCc1cc(C(=O)O)cs1. The van der Waals surface area contributed by atoms with Crippen molar-refractivity contribution in [1.82, 2.24) is 5.32 Å². The first-order chi connectivity index (χ1) is 7.54. The zero-order chi connectivity index (χ0) is 12.1. The van der Waals surface area contributed by atoms with E-state index < -0.39 is 12.0 Å². The first-order valence-electron chi connectivity index (χ1n) is 4.66. The lowest BCUT2D eigenvalue weighted by Gasteiger charge is -2.09. The number of nitrogens with one attached hydrogen (secondary N) is 1. The number of hydrogen-bond acceptors (Lipinski definition) is 5. The number of hydrogen-bond donors (Lipinski definition) is 2. The highest BCUT2D eigenvalue weighted by Crippen LogP contribution is 2.14. The van der Waals surface area contributed by atoms with Crippen LogP contribution in [0.25, 0.3) is 0 Å². The number of aromatic carboxylic acids is 1. The van der Waals surface area contributed by atoms with E-state index >= 15 is 0 Å². The fourth-order valence-corrected chi connectivity index (χ4v) is 1.91.